The molecule has 0 amide bonds. The Morgan fingerprint density at radius 1 is 1.53 bits per heavy atom. The first-order chi connectivity index (χ1) is 7.19. The van der Waals surface area contributed by atoms with Crippen LogP contribution < -0.4 is 5.73 Å². The quantitative estimate of drug-likeness (QED) is 0.765. The number of carbonyl (C=O) groups excluding carboxylic acids is 1. The summed E-state index contributed by atoms with van der Waals surface area (Å²) in [6, 6.07) is 5.57. The van der Waals surface area contributed by atoms with Crippen molar-refractivity contribution in [3.05, 3.63) is 41.0 Å². The summed E-state index contributed by atoms with van der Waals surface area (Å²) in [6.45, 7) is 2.43. The van der Waals surface area contributed by atoms with Crippen LogP contribution >= 0.6 is 0 Å². The molecular weight excluding hydrogens is 190 g/mol. The van der Waals surface area contributed by atoms with E-state index in [-0.39, 0.29) is 5.97 Å². The van der Waals surface area contributed by atoms with Crippen molar-refractivity contribution in [2.24, 2.45) is 5.73 Å². The first kappa shape index (κ1) is 11.5. The van der Waals surface area contributed by atoms with E-state index >= 15 is 0 Å². The first-order valence-corrected chi connectivity index (χ1v) is 4.74. The highest BCUT2D eigenvalue weighted by Gasteiger charge is 2.09. The fraction of sp³-hybridized carbons (Fsp3) is 0.250. The molecule has 0 aromatic heterocycles. The predicted octanol–water partition coefficient (Wildman–Crippen LogP) is 1.75. The summed E-state index contributed by atoms with van der Waals surface area (Å²) in [4.78, 5) is 11.4. The highest BCUT2D eigenvalue weighted by Crippen LogP contribution is 2.14. The third kappa shape index (κ3) is 2.92. The molecule has 15 heavy (non-hydrogen) atoms. The van der Waals surface area contributed by atoms with E-state index in [1.165, 1.54) is 7.11 Å². The van der Waals surface area contributed by atoms with Gasteiger partial charge in [-0.25, -0.2) is 4.79 Å². The van der Waals surface area contributed by atoms with E-state index in [4.69, 9.17) is 10.5 Å². The standard InChI is InChI=1S/C12H15NO2/c1-9-5-6-11(12(14)15-2)10(8-9)4-3-7-13/h3-6,8H,7,13H2,1-2H3. The molecule has 0 aliphatic carbocycles. The number of hydrogen-bond acceptors (Lipinski definition) is 3. The van der Waals surface area contributed by atoms with E-state index in [1.807, 2.05) is 25.1 Å². The minimum Gasteiger partial charge on any atom is -0.465 e. The van der Waals surface area contributed by atoms with Crippen LogP contribution in [0.25, 0.3) is 6.08 Å². The third-order valence-electron chi connectivity index (χ3n) is 2.05. The van der Waals surface area contributed by atoms with Gasteiger partial charge in [0.2, 0.25) is 0 Å². The fourth-order valence-corrected chi connectivity index (χ4v) is 1.31. The third-order valence-corrected chi connectivity index (χ3v) is 2.05. The van der Waals surface area contributed by atoms with Crippen molar-refractivity contribution in [2.45, 2.75) is 6.92 Å². The van der Waals surface area contributed by atoms with Gasteiger partial charge in [0.1, 0.15) is 0 Å². The van der Waals surface area contributed by atoms with Crippen LogP contribution in [0.15, 0.2) is 24.3 Å². The molecule has 1 aromatic carbocycles. The smallest absolute Gasteiger partial charge is 0.338 e. The summed E-state index contributed by atoms with van der Waals surface area (Å²) in [7, 11) is 1.37. The Hall–Kier alpha value is -1.61. The van der Waals surface area contributed by atoms with Crippen LogP contribution in [0.1, 0.15) is 21.5 Å². The minimum absolute atomic E-state index is 0.327. The van der Waals surface area contributed by atoms with E-state index in [1.54, 1.807) is 12.1 Å². The van der Waals surface area contributed by atoms with Crippen molar-refractivity contribution in [2.75, 3.05) is 13.7 Å². The molecule has 0 aliphatic heterocycles. The lowest BCUT2D eigenvalue weighted by Crippen LogP contribution is -2.04. The highest BCUT2D eigenvalue weighted by molar-refractivity contribution is 5.93. The summed E-state index contributed by atoms with van der Waals surface area (Å²) in [5, 5.41) is 0. The molecule has 0 saturated carbocycles. The summed E-state index contributed by atoms with van der Waals surface area (Å²) >= 11 is 0. The van der Waals surface area contributed by atoms with Gasteiger partial charge in [0, 0.05) is 6.54 Å². The van der Waals surface area contributed by atoms with Crippen LogP contribution in [0.3, 0.4) is 0 Å². The number of hydrogen-bond donors (Lipinski definition) is 1. The molecule has 0 fully saturated rings. The van der Waals surface area contributed by atoms with E-state index < -0.39 is 0 Å². The zero-order chi connectivity index (χ0) is 11.3. The number of rotatable bonds is 3. The maximum Gasteiger partial charge on any atom is 0.338 e. The molecule has 0 unspecified atom stereocenters. The number of methoxy groups -OCH3 is 1. The van der Waals surface area contributed by atoms with Gasteiger partial charge < -0.3 is 10.5 Å². The average molecular weight is 205 g/mol. The van der Waals surface area contributed by atoms with E-state index in [0.717, 1.165) is 11.1 Å². The molecule has 1 aromatic rings. The van der Waals surface area contributed by atoms with Gasteiger partial charge in [0.15, 0.2) is 0 Å². The van der Waals surface area contributed by atoms with Crippen LogP contribution in [-0.2, 0) is 4.74 Å². The minimum atomic E-state index is -0.327. The van der Waals surface area contributed by atoms with Crippen molar-refractivity contribution in [1.82, 2.24) is 0 Å². The molecule has 3 heteroatoms. The second-order valence-corrected chi connectivity index (χ2v) is 3.22. The lowest BCUT2D eigenvalue weighted by atomic mass is 10.0. The second-order valence-electron chi connectivity index (χ2n) is 3.22. The Morgan fingerprint density at radius 3 is 2.87 bits per heavy atom. The Bertz CT molecular complexity index is 383. The lowest BCUT2D eigenvalue weighted by Gasteiger charge is -2.05. The SMILES string of the molecule is COC(=O)c1ccc(C)cc1C=CCN. The zero-order valence-electron chi connectivity index (χ0n) is 8.99. The number of aryl methyl sites for hydroxylation is 1. The largest absolute Gasteiger partial charge is 0.465 e. The summed E-state index contributed by atoms with van der Waals surface area (Å²) in [5.41, 5.74) is 7.87. The maximum absolute atomic E-state index is 11.4. The molecule has 0 atom stereocenters. The van der Waals surface area contributed by atoms with Gasteiger partial charge in [-0.15, -0.1) is 0 Å². The van der Waals surface area contributed by atoms with Gasteiger partial charge in [-0.1, -0.05) is 29.8 Å². The predicted molar refractivity (Wildman–Crippen MR) is 60.6 cm³/mol. The summed E-state index contributed by atoms with van der Waals surface area (Å²) in [6.07, 6.45) is 3.64. The van der Waals surface area contributed by atoms with Gasteiger partial charge in [-0.2, -0.15) is 0 Å². The fourth-order valence-electron chi connectivity index (χ4n) is 1.31. The normalized spacial score (nSPS) is 10.6. The Balaban J connectivity index is 3.14. The zero-order valence-corrected chi connectivity index (χ0v) is 8.99. The van der Waals surface area contributed by atoms with Gasteiger partial charge in [0.25, 0.3) is 0 Å². The van der Waals surface area contributed by atoms with Crippen molar-refractivity contribution in [3.8, 4) is 0 Å². The molecule has 0 aliphatic rings. The molecule has 1 rings (SSSR count). The second kappa shape index (κ2) is 5.32. The van der Waals surface area contributed by atoms with E-state index in [0.29, 0.717) is 12.1 Å². The number of esters is 1. The van der Waals surface area contributed by atoms with E-state index in [9.17, 15) is 4.79 Å². The van der Waals surface area contributed by atoms with Gasteiger partial charge in [-0.3, -0.25) is 0 Å². The van der Waals surface area contributed by atoms with Crippen molar-refractivity contribution >= 4 is 12.0 Å². The van der Waals surface area contributed by atoms with Gasteiger partial charge in [0.05, 0.1) is 12.7 Å². The topological polar surface area (TPSA) is 52.3 Å². The number of benzene rings is 1. The van der Waals surface area contributed by atoms with Crippen LogP contribution in [0.5, 0.6) is 0 Å². The van der Waals surface area contributed by atoms with Crippen LogP contribution in [0, 0.1) is 6.92 Å². The Morgan fingerprint density at radius 2 is 2.27 bits per heavy atom. The lowest BCUT2D eigenvalue weighted by molar-refractivity contribution is 0.0600. The van der Waals surface area contributed by atoms with Crippen molar-refractivity contribution in [1.29, 1.82) is 0 Å². The van der Waals surface area contributed by atoms with E-state index in [2.05, 4.69) is 0 Å². The molecular formula is C12H15NO2. The molecule has 0 radical (unpaired) electrons. The first-order valence-electron chi connectivity index (χ1n) is 4.74. The van der Waals surface area contributed by atoms with Gasteiger partial charge >= 0.3 is 5.97 Å². The molecule has 0 saturated heterocycles. The van der Waals surface area contributed by atoms with Gasteiger partial charge in [-0.05, 0) is 18.6 Å². The number of nitrogens with two attached hydrogens (primary N) is 1. The average Bonchev–Trinajstić information content (AvgIpc) is 2.25. The van der Waals surface area contributed by atoms with Crippen LogP contribution in [0.4, 0.5) is 0 Å². The Labute approximate surface area is 89.5 Å². The van der Waals surface area contributed by atoms with Crippen LogP contribution in [0.2, 0.25) is 0 Å². The highest BCUT2D eigenvalue weighted by atomic mass is 16.5. The molecule has 0 spiro atoms. The molecule has 3 nitrogen and oxygen atoms in total. The molecule has 80 valence electrons. The monoisotopic (exact) mass is 205 g/mol. The van der Waals surface area contributed by atoms with Crippen LogP contribution in [-0.4, -0.2) is 19.6 Å². The maximum atomic E-state index is 11.4. The number of ether oxygens (including phenoxy) is 1. The Kier molecular flexibility index (Phi) is 4.06. The summed E-state index contributed by atoms with van der Waals surface area (Å²) in [5.74, 6) is -0.327. The summed E-state index contributed by atoms with van der Waals surface area (Å²) < 4.78 is 4.69. The molecule has 2 N–H and O–H groups in total. The number of carbonyl (C=O) groups is 1. The van der Waals surface area contributed by atoms with Crippen molar-refractivity contribution < 1.29 is 9.53 Å². The molecule has 0 bridgehead atoms. The molecule has 0 heterocycles. The van der Waals surface area contributed by atoms with Crippen molar-refractivity contribution in [3.63, 3.8) is 0 Å².